The van der Waals surface area contributed by atoms with Gasteiger partial charge in [0.05, 0.1) is 115 Å². The summed E-state index contributed by atoms with van der Waals surface area (Å²) in [4.78, 5) is 132. The number of fused-ring (bicyclic) bond motifs is 3. The van der Waals surface area contributed by atoms with Crippen LogP contribution in [0, 0.1) is 16.2 Å². The highest BCUT2D eigenvalue weighted by Crippen LogP contribution is 2.48. The van der Waals surface area contributed by atoms with Crippen LogP contribution in [0.4, 0.5) is 17.1 Å². The van der Waals surface area contributed by atoms with E-state index in [1.165, 1.54) is 22.3 Å². The van der Waals surface area contributed by atoms with Crippen molar-refractivity contribution in [3.8, 4) is 46.0 Å². The number of rotatable bonds is 24. The first-order valence-corrected chi connectivity index (χ1v) is 51.7. The van der Waals surface area contributed by atoms with Crippen molar-refractivity contribution in [1.82, 2.24) is 89.1 Å². The largest absolute Gasteiger partial charge is 0.475 e. The zero-order valence-corrected chi connectivity index (χ0v) is 85.0. The van der Waals surface area contributed by atoms with Gasteiger partial charge in [0.15, 0.2) is 5.82 Å². The Bertz CT molecular complexity index is 7270. The normalized spacial score (nSPS) is 19.9. The number of carbonyl (C=O) groups is 6. The summed E-state index contributed by atoms with van der Waals surface area (Å²) in [5, 5.41) is 20.5. The predicted octanol–water partition coefficient (Wildman–Crippen LogP) is 13.7. The lowest BCUT2D eigenvalue weighted by molar-refractivity contribution is -0.142. The molecule has 18 heterocycles. The third-order valence-corrected chi connectivity index (χ3v) is 30.7. The van der Waals surface area contributed by atoms with E-state index in [0.29, 0.717) is 148 Å². The first-order chi connectivity index (χ1) is 71.8. The van der Waals surface area contributed by atoms with Crippen molar-refractivity contribution in [2.45, 2.75) is 131 Å². The first kappa shape index (κ1) is 97.3. The molecule has 0 unspecified atom stereocenters. The molecule has 3 spiro atoms. The van der Waals surface area contributed by atoms with Crippen LogP contribution in [0.25, 0.3) is 45.1 Å². The van der Waals surface area contributed by atoms with Crippen LogP contribution in [0.15, 0.2) is 241 Å². The van der Waals surface area contributed by atoms with E-state index >= 15 is 0 Å². The lowest BCUT2D eigenvalue weighted by Gasteiger charge is -2.46. The van der Waals surface area contributed by atoms with Gasteiger partial charge in [-0.2, -0.15) is 5.10 Å². The molecule has 24 rings (SSSR count). The number of aryl methyl sites for hydroxylation is 2. The number of hydrogen-bond acceptors (Lipinski definition) is 24. The Kier molecular flexibility index (Phi) is 27.0. The van der Waals surface area contributed by atoms with E-state index in [2.05, 4.69) is 164 Å². The maximum absolute atomic E-state index is 14.0. The molecule has 0 aliphatic carbocycles. The second kappa shape index (κ2) is 41.1. The minimum atomic E-state index is -0.446. The Balaban J connectivity index is 0.000000126. The van der Waals surface area contributed by atoms with Gasteiger partial charge in [0.25, 0.3) is 0 Å². The molecule has 6 fully saturated rings. The van der Waals surface area contributed by atoms with Gasteiger partial charge in [0.2, 0.25) is 53.1 Å². The van der Waals surface area contributed by atoms with Crippen molar-refractivity contribution in [3.05, 3.63) is 292 Å². The van der Waals surface area contributed by atoms with Crippen LogP contribution in [0.3, 0.4) is 0 Å². The van der Waals surface area contributed by atoms with Gasteiger partial charge in [-0.05, 0) is 223 Å². The summed E-state index contributed by atoms with van der Waals surface area (Å²) >= 11 is 0. The van der Waals surface area contributed by atoms with E-state index < -0.39 is 16.2 Å². The van der Waals surface area contributed by atoms with Crippen LogP contribution in [0.5, 0.6) is 17.6 Å². The molecule has 6 aromatic carbocycles. The van der Waals surface area contributed by atoms with E-state index in [1.807, 2.05) is 189 Å². The summed E-state index contributed by atoms with van der Waals surface area (Å²) < 4.78 is 22.3. The third kappa shape index (κ3) is 20.2. The lowest BCUT2D eigenvalue weighted by atomic mass is 9.78. The average Bonchev–Trinajstić information content (AvgIpc) is 1.58. The van der Waals surface area contributed by atoms with Crippen LogP contribution < -0.4 is 28.9 Å². The molecule has 148 heavy (non-hydrogen) atoms. The van der Waals surface area contributed by atoms with Crippen LogP contribution in [-0.4, -0.2) is 278 Å². The van der Waals surface area contributed by atoms with Gasteiger partial charge in [-0.3, -0.25) is 67.8 Å². The quantitative estimate of drug-likeness (QED) is 0.0542. The highest BCUT2D eigenvalue weighted by atomic mass is 16.5. The molecule has 2 atom stereocenters. The molecule has 33 nitrogen and oxygen atoms in total. The SMILES string of the molecule is CC(C)Oc1ccc(C2=NCc3ccc(N4CCC5(CN(CC(=O)N6CC=C(c7ccc(-c8ncn(C)n8)cc7)CC6)C5)C4=O)cc32)cn1.CC(C)Oc1ccc(C2=NCc3ccc(N4CC[C@@]5(CCN(CC(=O)N6CC=C(c7ccc(-n8ccnn8)cc7)CC6)C5)C4=O)cc32)cn1.CC(C)Oc1ccc(C2=NCc3ccc(N4CC[C@]5(CCN(CC(=O)N6CC=C(c7ccc(-c8cn(C)nn8)cc7)CC6)C5)C4=O)cc32)cn1. The van der Waals surface area contributed by atoms with Gasteiger partial charge in [0, 0.05) is 198 Å². The fourth-order valence-corrected chi connectivity index (χ4v) is 22.8. The number of aromatic nitrogens is 12. The number of likely N-dealkylation sites (tertiary alicyclic amines) is 3. The minimum Gasteiger partial charge on any atom is -0.475 e. The Morgan fingerprint density at radius 3 is 1.10 bits per heavy atom. The smallest absolute Gasteiger partial charge is 0.237 e. The molecular formula is C115H122N24O9. The summed E-state index contributed by atoms with van der Waals surface area (Å²) in [7, 11) is 3.72. The molecule has 0 radical (unpaired) electrons. The molecular weight excluding hydrogens is 1860 g/mol. The number of benzene rings is 6. The highest BCUT2D eigenvalue weighted by Gasteiger charge is 2.57. The summed E-state index contributed by atoms with van der Waals surface area (Å²) in [6.45, 7) is 24.6. The van der Waals surface area contributed by atoms with Gasteiger partial charge < -0.3 is 43.6 Å². The number of carbonyl (C=O) groups excluding carboxylic acids is 6. The maximum Gasteiger partial charge on any atom is 0.237 e. The number of pyridine rings is 3. The van der Waals surface area contributed by atoms with Gasteiger partial charge in [0.1, 0.15) is 12.0 Å². The second-order valence-electron chi connectivity index (χ2n) is 41.7. The van der Waals surface area contributed by atoms with E-state index in [1.54, 1.807) is 32.8 Å². The maximum atomic E-state index is 14.0. The zero-order chi connectivity index (χ0) is 102. The third-order valence-electron chi connectivity index (χ3n) is 30.7. The number of ether oxygens (including phenoxy) is 3. The fourth-order valence-electron chi connectivity index (χ4n) is 22.8. The molecule has 0 bridgehead atoms. The molecule has 6 aromatic heterocycles. The van der Waals surface area contributed by atoms with Crippen LogP contribution in [-0.2, 0) is 62.5 Å². The topological polar surface area (TPSA) is 327 Å². The summed E-state index contributed by atoms with van der Waals surface area (Å²) in [6.07, 6.45) is 25.5. The van der Waals surface area contributed by atoms with Gasteiger partial charge in [-0.1, -0.05) is 108 Å². The van der Waals surface area contributed by atoms with Crippen molar-refractivity contribution < 1.29 is 43.0 Å². The number of anilines is 3. The summed E-state index contributed by atoms with van der Waals surface area (Å²) in [5.74, 6) is 3.34. The van der Waals surface area contributed by atoms with Crippen LogP contribution >= 0.6 is 0 Å². The molecule has 12 aromatic rings. The van der Waals surface area contributed by atoms with Gasteiger partial charge in [-0.15, -0.1) is 10.2 Å². The molecule has 6 saturated heterocycles. The zero-order valence-electron chi connectivity index (χ0n) is 85.0. The Labute approximate surface area is 860 Å². The number of aliphatic imine (C=N–C) groups is 3. The van der Waals surface area contributed by atoms with E-state index in [4.69, 9.17) is 29.2 Å². The second-order valence-corrected chi connectivity index (χ2v) is 41.7. The van der Waals surface area contributed by atoms with E-state index in [0.717, 1.165) is 182 Å². The van der Waals surface area contributed by atoms with Crippen LogP contribution in [0.1, 0.15) is 160 Å². The number of amides is 6. The van der Waals surface area contributed by atoms with Crippen molar-refractivity contribution in [1.29, 1.82) is 0 Å². The Morgan fingerprint density at radius 1 is 0.378 bits per heavy atom. The molecule has 33 heteroatoms. The predicted molar refractivity (Wildman–Crippen MR) is 566 cm³/mol. The first-order valence-electron chi connectivity index (χ1n) is 51.7. The lowest BCUT2D eigenvalue weighted by Crippen LogP contribution is -2.61. The minimum absolute atomic E-state index is 0.0579. The highest BCUT2D eigenvalue weighted by molar-refractivity contribution is 6.18. The number of nitrogens with zero attached hydrogens (tertiary/aromatic N) is 24. The van der Waals surface area contributed by atoms with Crippen molar-refractivity contribution in [2.24, 2.45) is 45.3 Å². The molecule has 6 amide bonds. The molecule has 12 aliphatic heterocycles. The van der Waals surface area contributed by atoms with Crippen molar-refractivity contribution in [3.63, 3.8) is 0 Å². The molecule has 0 N–H and O–H groups in total. The average molecular weight is 1980 g/mol. The van der Waals surface area contributed by atoms with Gasteiger partial charge >= 0.3 is 0 Å². The van der Waals surface area contributed by atoms with Crippen LogP contribution in [0.2, 0.25) is 0 Å². The summed E-state index contributed by atoms with van der Waals surface area (Å²) in [5.41, 5.74) is 24.6. The fraction of sp³-hybridized carbons (Fsp3) is 0.374. The number of hydrogen-bond donors (Lipinski definition) is 0. The van der Waals surface area contributed by atoms with E-state index in [-0.39, 0.29) is 53.8 Å². The van der Waals surface area contributed by atoms with Crippen molar-refractivity contribution >= 4 is 86.4 Å². The standard InChI is InChI=1S/C39H42N8O3.2C38H40N8O3/c1-26(2)50-35-11-9-31(22-40-35)37-33-20-32(10-8-30(33)21-41-37)47-19-15-39(38(47)49)14-18-45(25-39)24-36(48)46-16-12-28(13-17-46)27-4-6-29(7-5-27)34-23-44(3)43-42-34;1-26(2)49-34-10-6-30(23-39-34)36-33-21-32(9-5-29(33)22-40-36)45-19-14-38(37(45)48)13-18-43(25-38)24-35(47)44-16-11-28(12-17-44)27-3-7-31(8-4-27)46-20-15-41-42-46;1-25(2)49-33-11-9-30(20-39-33)35-32-18-31(10-8-29(32)19-40-35)46-17-14-38(37(46)48)22-44(23-38)21-34(47)45-15-12-27(13-16-45)26-4-6-28(7-5-26)36-41-24-43(3)42-36/h4-12,20,22-23,26H,13-19,21,24-25H2,1-3H3;3-11,15,20-21,23,26H,12-14,16-19,22,24-25H2,1-2H3;4-12,18,20,24-25H,13-17,19,21-23H2,1-3H3/t39-;38-;/m01./s1. The molecule has 0 saturated carbocycles. The molecule has 756 valence electrons. The monoisotopic (exact) mass is 1980 g/mol. The summed E-state index contributed by atoms with van der Waals surface area (Å²) in [6, 6.07) is 55.3. The van der Waals surface area contributed by atoms with E-state index in [9.17, 15) is 28.8 Å². The Morgan fingerprint density at radius 2 is 0.743 bits per heavy atom. The Hall–Kier alpha value is -15.5. The van der Waals surface area contributed by atoms with Crippen molar-refractivity contribution in [2.75, 3.05) is 133 Å². The van der Waals surface area contributed by atoms with Gasteiger partial charge in [-0.25, -0.2) is 24.6 Å². The molecule has 12 aliphatic rings.